The zero-order chi connectivity index (χ0) is 23.5. The van der Waals surface area contributed by atoms with Crippen LogP contribution in [0.3, 0.4) is 0 Å². The van der Waals surface area contributed by atoms with Gasteiger partial charge in [0.2, 0.25) is 0 Å². The summed E-state index contributed by atoms with van der Waals surface area (Å²) in [6, 6.07) is 15.5. The summed E-state index contributed by atoms with van der Waals surface area (Å²) in [4.78, 5) is 38.5. The molecule has 8 heteroatoms. The van der Waals surface area contributed by atoms with Crippen LogP contribution >= 0.6 is 23.4 Å². The van der Waals surface area contributed by atoms with Crippen molar-refractivity contribution in [3.05, 3.63) is 75.8 Å². The van der Waals surface area contributed by atoms with Crippen LogP contribution in [0.4, 0.5) is 4.79 Å². The fourth-order valence-corrected chi connectivity index (χ4v) is 4.57. The maximum atomic E-state index is 12.9. The Balaban J connectivity index is 1.60. The predicted molar refractivity (Wildman–Crippen MR) is 131 cm³/mol. The maximum absolute atomic E-state index is 12.9. The molecule has 4 rings (SSSR count). The van der Waals surface area contributed by atoms with Gasteiger partial charge in [-0.3, -0.25) is 19.3 Å². The van der Waals surface area contributed by atoms with Crippen LogP contribution in [0.5, 0.6) is 0 Å². The first-order valence-electron chi connectivity index (χ1n) is 10.6. The monoisotopic (exact) mass is 482 g/mol. The molecule has 3 aromatic rings. The minimum absolute atomic E-state index is 0.173. The van der Waals surface area contributed by atoms with Gasteiger partial charge in [-0.1, -0.05) is 61.8 Å². The lowest BCUT2D eigenvalue weighted by Crippen LogP contribution is -2.34. The number of ether oxygens (including phenoxy) is 1. The Morgan fingerprint density at radius 3 is 2.61 bits per heavy atom. The molecule has 0 aliphatic carbocycles. The SMILES string of the molecule is CC(C)COC(=O)CN1C(=O)S/C(=C/c2cn(Cc3ccccc3Cl)c3ccccc23)C1=O. The number of fused-ring (bicyclic) bond motifs is 1. The van der Waals surface area contributed by atoms with E-state index in [2.05, 4.69) is 4.57 Å². The van der Waals surface area contributed by atoms with Gasteiger partial charge in [0.05, 0.1) is 11.5 Å². The quantitative estimate of drug-likeness (QED) is 0.325. The molecule has 170 valence electrons. The zero-order valence-corrected chi connectivity index (χ0v) is 19.9. The standard InChI is InChI=1S/C25H23ClN2O4S/c1-16(2)15-32-23(29)14-28-24(30)22(33-25(28)31)11-18-13-27(21-10-6-4-8-19(18)21)12-17-7-3-5-9-20(17)26/h3-11,13,16H,12,14-15H2,1-2H3/b22-11+. The minimum atomic E-state index is -0.594. The largest absolute Gasteiger partial charge is 0.464 e. The molecule has 0 atom stereocenters. The predicted octanol–water partition coefficient (Wildman–Crippen LogP) is 5.58. The molecule has 1 saturated heterocycles. The number of aromatic nitrogens is 1. The van der Waals surface area contributed by atoms with Gasteiger partial charge in [-0.2, -0.15) is 0 Å². The highest BCUT2D eigenvalue weighted by molar-refractivity contribution is 8.18. The van der Waals surface area contributed by atoms with E-state index in [4.69, 9.17) is 16.3 Å². The summed E-state index contributed by atoms with van der Waals surface area (Å²) in [6.45, 7) is 4.26. The second-order valence-electron chi connectivity index (χ2n) is 8.17. The van der Waals surface area contributed by atoms with E-state index in [1.807, 2.05) is 68.6 Å². The van der Waals surface area contributed by atoms with Crippen LogP contribution in [0.15, 0.2) is 59.6 Å². The summed E-state index contributed by atoms with van der Waals surface area (Å²) in [6.07, 6.45) is 3.65. The van der Waals surface area contributed by atoms with Crippen molar-refractivity contribution in [3.8, 4) is 0 Å². The Kier molecular flexibility index (Phi) is 6.91. The van der Waals surface area contributed by atoms with Gasteiger partial charge in [-0.25, -0.2) is 0 Å². The summed E-state index contributed by atoms with van der Waals surface area (Å²) in [5.74, 6) is -0.912. The number of benzene rings is 2. The summed E-state index contributed by atoms with van der Waals surface area (Å²) >= 11 is 7.18. The molecule has 2 aromatic carbocycles. The second-order valence-corrected chi connectivity index (χ2v) is 9.57. The highest BCUT2D eigenvalue weighted by atomic mass is 35.5. The molecular formula is C25H23ClN2O4S. The number of nitrogens with zero attached hydrogens (tertiary/aromatic N) is 2. The van der Waals surface area contributed by atoms with Gasteiger partial charge in [-0.05, 0) is 41.5 Å². The number of rotatable bonds is 7. The molecule has 0 spiro atoms. The summed E-state index contributed by atoms with van der Waals surface area (Å²) < 4.78 is 7.18. The smallest absolute Gasteiger partial charge is 0.326 e. The van der Waals surface area contributed by atoms with E-state index in [0.29, 0.717) is 11.6 Å². The number of hydrogen-bond acceptors (Lipinski definition) is 5. The van der Waals surface area contributed by atoms with Crippen LogP contribution < -0.4 is 0 Å². The first kappa shape index (κ1) is 23.1. The van der Waals surface area contributed by atoms with E-state index in [1.165, 1.54) is 0 Å². The van der Waals surface area contributed by atoms with Crippen LogP contribution in [0.25, 0.3) is 17.0 Å². The van der Waals surface area contributed by atoms with E-state index in [0.717, 1.165) is 38.7 Å². The first-order valence-corrected chi connectivity index (χ1v) is 11.7. The molecule has 0 saturated carbocycles. The Hall–Kier alpha value is -3.03. The summed E-state index contributed by atoms with van der Waals surface area (Å²) in [5, 5.41) is 1.16. The third kappa shape index (κ3) is 5.15. The number of para-hydroxylation sites is 1. The van der Waals surface area contributed by atoms with Gasteiger partial charge in [-0.15, -0.1) is 0 Å². The minimum Gasteiger partial charge on any atom is -0.464 e. The number of imide groups is 1. The Morgan fingerprint density at radius 2 is 1.85 bits per heavy atom. The molecule has 1 aliphatic rings. The fraction of sp³-hybridized carbons (Fsp3) is 0.240. The van der Waals surface area contributed by atoms with Crippen molar-refractivity contribution in [2.45, 2.75) is 20.4 Å². The molecule has 33 heavy (non-hydrogen) atoms. The maximum Gasteiger partial charge on any atom is 0.326 e. The van der Waals surface area contributed by atoms with Crippen molar-refractivity contribution >= 4 is 57.5 Å². The number of esters is 1. The second kappa shape index (κ2) is 9.85. The Bertz CT molecular complexity index is 1260. The Morgan fingerprint density at radius 1 is 1.12 bits per heavy atom. The number of carbonyl (C=O) groups excluding carboxylic acids is 3. The van der Waals surface area contributed by atoms with Crippen LogP contribution in [0, 0.1) is 5.92 Å². The molecule has 6 nitrogen and oxygen atoms in total. The molecule has 0 radical (unpaired) electrons. The lowest BCUT2D eigenvalue weighted by molar-refractivity contribution is -0.147. The number of thioether (sulfide) groups is 1. The van der Waals surface area contributed by atoms with Crippen LogP contribution in [-0.2, 0) is 20.9 Å². The van der Waals surface area contributed by atoms with Crippen LogP contribution in [0.1, 0.15) is 25.0 Å². The molecular weight excluding hydrogens is 460 g/mol. The molecule has 0 unspecified atom stereocenters. The molecule has 0 bridgehead atoms. The van der Waals surface area contributed by atoms with Crippen molar-refractivity contribution in [2.75, 3.05) is 13.2 Å². The molecule has 2 amide bonds. The van der Waals surface area contributed by atoms with E-state index >= 15 is 0 Å². The van der Waals surface area contributed by atoms with Gasteiger partial charge in [0.15, 0.2) is 0 Å². The number of amides is 2. The lowest BCUT2D eigenvalue weighted by atomic mass is 10.1. The van der Waals surface area contributed by atoms with Crippen LogP contribution in [0.2, 0.25) is 5.02 Å². The average molecular weight is 483 g/mol. The molecule has 1 aliphatic heterocycles. The van der Waals surface area contributed by atoms with E-state index in [-0.39, 0.29) is 24.0 Å². The fourth-order valence-electron chi connectivity index (χ4n) is 3.54. The lowest BCUT2D eigenvalue weighted by Gasteiger charge is -2.12. The zero-order valence-electron chi connectivity index (χ0n) is 18.3. The summed E-state index contributed by atoms with van der Waals surface area (Å²) in [5.41, 5.74) is 2.78. The normalized spacial score (nSPS) is 15.3. The third-order valence-electron chi connectivity index (χ3n) is 5.14. The summed E-state index contributed by atoms with van der Waals surface area (Å²) in [7, 11) is 0. The van der Waals surface area contributed by atoms with E-state index in [1.54, 1.807) is 6.08 Å². The van der Waals surface area contributed by atoms with E-state index in [9.17, 15) is 14.4 Å². The van der Waals surface area contributed by atoms with Gasteiger partial charge < -0.3 is 9.30 Å². The highest BCUT2D eigenvalue weighted by Gasteiger charge is 2.36. The molecule has 2 heterocycles. The third-order valence-corrected chi connectivity index (χ3v) is 6.42. The van der Waals surface area contributed by atoms with Crippen molar-refractivity contribution in [3.63, 3.8) is 0 Å². The Labute approximate surface area is 201 Å². The number of hydrogen-bond donors (Lipinski definition) is 0. The van der Waals surface area contributed by atoms with E-state index < -0.39 is 17.1 Å². The number of halogens is 1. The average Bonchev–Trinajstić information content (AvgIpc) is 3.26. The molecule has 1 aromatic heterocycles. The van der Waals surface area contributed by atoms with Gasteiger partial charge in [0.1, 0.15) is 6.54 Å². The first-order chi connectivity index (χ1) is 15.8. The van der Waals surface area contributed by atoms with Crippen molar-refractivity contribution in [2.24, 2.45) is 5.92 Å². The number of carbonyl (C=O) groups is 3. The topological polar surface area (TPSA) is 68.6 Å². The molecule has 0 N–H and O–H groups in total. The van der Waals surface area contributed by atoms with Crippen molar-refractivity contribution in [1.29, 1.82) is 0 Å². The van der Waals surface area contributed by atoms with Gasteiger partial charge in [0.25, 0.3) is 11.1 Å². The van der Waals surface area contributed by atoms with Crippen molar-refractivity contribution in [1.82, 2.24) is 9.47 Å². The molecule has 1 fully saturated rings. The van der Waals surface area contributed by atoms with Gasteiger partial charge in [0, 0.05) is 34.2 Å². The van der Waals surface area contributed by atoms with Crippen LogP contribution in [-0.4, -0.2) is 39.7 Å². The van der Waals surface area contributed by atoms with Crippen molar-refractivity contribution < 1.29 is 19.1 Å². The highest BCUT2D eigenvalue weighted by Crippen LogP contribution is 2.34. The van der Waals surface area contributed by atoms with Gasteiger partial charge >= 0.3 is 5.97 Å².